The second kappa shape index (κ2) is 11.7. The molecular weight excluding hydrogens is 687 g/mol. The predicted octanol–water partition coefficient (Wildman–Crippen LogP) is 14.2. The largest absolute Gasteiger partial charge is 0.254 e. The number of para-hydroxylation sites is 1. The van der Waals surface area contributed by atoms with Crippen LogP contribution in [0, 0.1) is 0 Å². The maximum atomic E-state index is 5.32. The molecule has 0 fully saturated rings. The van der Waals surface area contributed by atoms with E-state index in [1.807, 2.05) is 29.8 Å². The standard InChI is InChI=1S/C51H29N3S/c1-3-14-36-34(12-1)45(35-13-2-4-15-37(35)46(36)38-27-29-53-50-39(38)24-23-31-10-9-28-52-49(31)50)30-19-21-32(22-20-30)48-42-26-25-40-33-11-6-8-18-44(33)55-51(40)47(42)41-16-5-7-17-43(41)54-48/h1-29H. The highest BCUT2D eigenvalue weighted by molar-refractivity contribution is 7.26. The quantitative estimate of drug-likeness (QED) is 0.135. The van der Waals surface area contributed by atoms with Crippen LogP contribution < -0.4 is 0 Å². The Labute approximate surface area is 319 Å². The number of nitrogens with zero attached hydrogens (tertiary/aromatic N) is 3. The van der Waals surface area contributed by atoms with E-state index < -0.39 is 0 Å². The minimum absolute atomic E-state index is 0.923. The summed E-state index contributed by atoms with van der Waals surface area (Å²) in [6, 6.07) is 59.2. The van der Waals surface area contributed by atoms with Crippen LogP contribution in [0.4, 0.5) is 0 Å². The predicted molar refractivity (Wildman–Crippen MR) is 234 cm³/mol. The Kier molecular flexibility index (Phi) is 6.50. The number of hydrogen-bond donors (Lipinski definition) is 0. The normalized spacial score (nSPS) is 12.0. The van der Waals surface area contributed by atoms with Crippen LogP contribution in [0.2, 0.25) is 0 Å². The zero-order valence-corrected chi connectivity index (χ0v) is 30.3. The fraction of sp³-hybridized carbons (Fsp3) is 0. The third-order valence-corrected chi connectivity index (χ3v) is 12.5. The third-order valence-electron chi connectivity index (χ3n) is 11.3. The number of pyridine rings is 3. The van der Waals surface area contributed by atoms with Crippen LogP contribution >= 0.6 is 11.3 Å². The Morgan fingerprint density at radius 1 is 0.382 bits per heavy atom. The molecule has 4 heterocycles. The van der Waals surface area contributed by atoms with Gasteiger partial charge in [0.1, 0.15) is 0 Å². The fourth-order valence-electron chi connectivity index (χ4n) is 8.93. The highest BCUT2D eigenvalue weighted by atomic mass is 32.1. The van der Waals surface area contributed by atoms with Gasteiger partial charge in [0.2, 0.25) is 0 Å². The molecule has 0 atom stereocenters. The lowest BCUT2D eigenvalue weighted by molar-refractivity contribution is 1.37. The molecule has 0 amide bonds. The van der Waals surface area contributed by atoms with Gasteiger partial charge in [0.25, 0.3) is 0 Å². The van der Waals surface area contributed by atoms with E-state index in [0.717, 1.165) is 44.1 Å². The lowest BCUT2D eigenvalue weighted by atomic mass is 9.85. The highest BCUT2D eigenvalue weighted by Crippen LogP contribution is 2.47. The molecule has 0 unspecified atom stereocenters. The summed E-state index contributed by atoms with van der Waals surface area (Å²) >= 11 is 1.88. The highest BCUT2D eigenvalue weighted by Gasteiger charge is 2.20. The van der Waals surface area contributed by atoms with Crippen molar-refractivity contribution in [3.05, 3.63) is 176 Å². The van der Waals surface area contributed by atoms with Crippen molar-refractivity contribution in [1.82, 2.24) is 15.0 Å². The Bertz CT molecular complexity index is 3490. The summed E-state index contributed by atoms with van der Waals surface area (Å²) in [6.45, 7) is 0. The number of aromatic nitrogens is 3. The smallest absolute Gasteiger partial charge is 0.0970 e. The molecule has 0 aliphatic rings. The SMILES string of the molecule is c1cnc2c(c1)ccc1c(-c3c4ccccc4c(-c4ccc(-c5nc6ccccc6c6c5ccc5c7ccccc7sc56)cc4)c4ccccc34)ccnc12. The Morgan fingerprint density at radius 2 is 1.00 bits per heavy atom. The first-order chi connectivity index (χ1) is 27.3. The van der Waals surface area contributed by atoms with Gasteiger partial charge in [-0.3, -0.25) is 9.97 Å². The molecule has 0 saturated heterocycles. The van der Waals surface area contributed by atoms with Crippen molar-refractivity contribution in [1.29, 1.82) is 0 Å². The van der Waals surface area contributed by atoms with Crippen molar-refractivity contribution < 1.29 is 0 Å². The lowest BCUT2D eigenvalue weighted by Gasteiger charge is -2.19. The Balaban J connectivity index is 1.08. The van der Waals surface area contributed by atoms with Crippen LogP contribution in [0.25, 0.3) is 119 Å². The maximum Gasteiger partial charge on any atom is 0.0970 e. The summed E-state index contributed by atoms with van der Waals surface area (Å²) in [5.41, 5.74) is 9.76. The van der Waals surface area contributed by atoms with Gasteiger partial charge < -0.3 is 0 Å². The summed E-state index contributed by atoms with van der Waals surface area (Å²) in [5.74, 6) is 0. The fourth-order valence-corrected chi connectivity index (χ4v) is 10.2. The molecule has 12 rings (SSSR count). The molecule has 0 spiro atoms. The van der Waals surface area contributed by atoms with Crippen molar-refractivity contribution in [3.63, 3.8) is 0 Å². The van der Waals surface area contributed by atoms with Gasteiger partial charge in [-0.15, -0.1) is 11.3 Å². The van der Waals surface area contributed by atoms with E-state index in [4.69, 9.17) is 15.0 Å². The second-order valence-corrected chi connectivity index (χ2v) is 15.3. The summed E-state index contributed by atoms with van der Waals surface area (Å²) in [5, 5.41) is 13.3. The van der Waals surface area contributed by atoms with Crippen LogP contribution in [-0.2, 0) is 0 Å². The molecular formula is C51H29N3S. The second-order valence-electron chi connectivity index (χ2n) is 14.3. The summed E-state index contributed by atoms with van der Waals surface area (Å²) in [4.78, 5) is 14.9. The van der Waals surface area contributed by atoms with Gasteiger partial charge in [0, 0.05) is 65.1 Å². The lowest BCUT2D eigenvalue weighted by Crippen LogP contribution is -1.93. The number of benzene rings is 8. The Morgan fingerprint density at radius 3 is 1.78 bits per heavy atom. The molecule has 0 radical (unpaired) electrons. The summed E-state index contributed by atoms with van der Waals surface area (Å²) < 4.78 is 2.63. The first-order valence-electron chi connectivity index (χ1n) is 18.6. The number of rotatable bonds is 3. The van der Waals surface area contributed by atoms with Crippen LogP contribution in [-0.4, -0.2) is 15.0 Å². The van der Waals surface area contributed by atoms with Gasteiger partial charge >= 0.3 is 0 Å². The molecule has 0 saturated carbocycles. The number of fused-ring (bicyclic) bond motifs is 12. The Hall–Kier alpha value is -7.01. The van der Waals surface area contributed by atoms with E-state index in [0.29, 0.717) is 0 Å². The molecule has 0 bridgehead atoms. The van der Waals surface area contributed by atoms with Gasteiger partial charge in [-0.05, 0) is 68.1 Å². The molecule has 0 aliphatic carbocycles. The van der Waals surface area contributed by atoms with Gasteiger partial charge in [-0.2, -0.15) is 0 Å². The summed E-state index contributed by atoms with van der Waals surface area (Å²) in [7, 11) is 0. The van der Waals surface area contributed by atoms with Crippen molar-refractivity contribution in [2.45, 2.75) is 0 Å². The third kappa shape index (κ3) is 4.46. The zero-order valence-electron chi connectivity index (χ0n) is 29.5. The van der Waals surface area contributed by atoms with Gasteiger partial charge in [-0.1, -0.05) is 140 Å². The summed E-state index contributed by atoms with van der Waals surface area (Å²) in [6.07, 6.45) is 3.78. The van der Waals surface area contributed by atoms with Crippen molar-refractivity contribution in [2.24, 2.45) is 0 Å². The van der Waals surface area contributed by atoms with Crippen LogP contribution in [0.3, 0.4) is 0 Å². The number of hydrogen-bond acceptors (Lipinski definition) is 4. The molecule has 55 heavy (non-hydrogen) atoms. The van der Waals surface area contributed by atoms with Crippen molar-refractivity contribution >= 4 is 96.5 Å². The van der Waals surface area contributed by atoms with E-state index in [1.54, 1.807) is 0 Å². The van der Waals surface area contributed by atoms with Crippen molar-refractivity contribution in [3.8, 4) is 33.5 Å². The number of thiophene rings is 1. The molecule has 12 aromatic rings. The van der Waals surface area contributed by atoms with E-state index in [1.165, 1.54) is 74.6 Å². The molecule has 4 aromatic heterocycles. The van der Waals surface area contributed by atoms with E-state index >= 15 is 0 Å². The van der Waals surface area contributed by atoms with Crippen molar-refractivity contribution in [2.75, 3.05) is 0 Å². The maximum absolute atomic E-state index is 5.32. The average molecular weight is 716 g/mol. The first kappa shape index (κ1) is 30.5. The zero-order chi connectivity index (χ0) is 36.0. The van der Waals surface area contributed by atoms with Crippen LogP contribution in [0.5, 0.6) is 0 Å². The molecule has 4 heteroatoms. The molecule has 8 aromatic carbocycles. The molecule has 0 aliphatic heterocycles. The van der Waals surface area contributed by atoms with E-state index in [9.17, 15) is 0 Å². The van der Waals surface area contributed by atoms with Gasteiger partial charge in [0.05, 0.1) is 22.2 Å². The van der Waals surface area contributed by atoms with E-state index in [-0.39, 0.29) is 0 Å². The topological polar surface area (TPSA) is 38.7 Å². The first-order valence-corrected chi connectivity index (χ1v) is 19.4. The monoisotopic (exact) mass is 715 g/mol. The van der Waals surface area contributed by atoms with Gasteiger partial charge in [-0.25, -0.2) is 4.98 Å². The van der Waals surface area contributed by atoms with Crippen LogP contribution in [0.1, 0.15) is 0 Å². The van der Waals surface area contributed by atoms with Crippen LogP contribution in [0.15, 0.2) is 176 Å². The minimum Gasteiger partial charge on any atom is -0.254 e. The average Bonchev–Trinajstić information content (AvgIpc) is 3.64. The minimum atomic E-state index is 0.923. The molecule has 3 nitrogen and oxygen atoms in total. The van der Waals surface area contributed by atoms with E-state index in [2.05, 4.69) is 158 Å². The molecule has 0 N–H and O–H groups in total. The van der Waals surface area contributed by atoms with Gasteiger partial charge in [0.15, 0.2) is 0 Å². The molecule has 254 valence electrons.